The zero-order chi connectivity index (χ0) is 18.5. The van der Waals surface area contributed by atoms with Crippen molar-refractivity contribution in [2.24, 2.45) is 0 Å². The first kappa shape index (κ1) is 17.8. The highest BCUT2D eigenvalue weighted by Gasteiger charge is 2.21. The Balaban J connectivity index is 1.36. The average molecular weight is 361 g/mol. The molecular weight excluding hydrogens is 337 g/mol. The van der Waals surface area contributed by atoms with E-state index in [0.29, 0.717) is 5.92 Å². The predicted octanol–water partition coefficient (Wildman–Crippen LogP) is 4.59. The SMILES string of the molecule is Fc1ccc(Cc2cccc(C3CCN(Cc4ccncc4)CC3)n2)cc1. The highest BCUT2D eigenvalue weighted by atomic mass is 19.1. The summed E-state index contributed by atoms with van der Waals surface area (Å²) in [6.45, 7) is 3.18. The highest BCUT2D eigenvalue weighted by molar-refractivity contribution is 5.24. The Hall–Kier alpha value is -2.59. The van der Waals surface area contributed by atoms with Crippen LogP contribution in [0.2, 0.25) is 0 Å². The van der Waals surface area contributed by atoms with Crippen LogP contribution in [0.3, 0.4) is 0 Å². The number of rotatable bonds is 5. The molecule has 1 aliphatic rings. The fourth-order valence-corrected chi connectivity index (χ4v) is 3.77. The van der Waals surface area contributed by atoms with Gasteiger partial charge in [0.15, 0.2) is 0 Å². The maximum atomic E-state index is 13.1. The summed E-state index contributed by atoms with van der Waals surface area (Å²) < 4.78 is 13.1. The van der Waals surface area contributed by atoms with Gasteiger partial charge in [0.05, 0.1) is 0 Å². The predicted molar refractivity (Wildman–Crippen MR) is 105 cm³/mol. The first-order valence-electron chi connectivity index (χ1n) is 9.58. The molecule has 4 rings (SSSR count). The normalized spacial score (nSPS) is 15.7. The molecule has 3 heterocycles. The van der Waals surface area contributed by atoms with Gasteiger partial charge in [-0.05, 0) is 73.5 Å². The molecule has 4 heteroatoms. The number of hydrogen-bond acceptors (Lipinski definition) is 3. The lowest BCUT2D eigenvalue weighted by atomic mass is 9.92. The zero-order valence-corrected chi connectivity index (χ0v) is 15.4. The lowest BCUT2D eigenvalue weighted by Gasteiger charge is -2.31. The fourth-order valence-electron chi connectivity index (χ4n) is 3.77. The Labute approximate surface area is 159 Å². The Bertz CT molecular complexity index is 856. The van der Waals surface area contributed by atoms with Crippen LogP contribution in [-0.2, 0) is 13.0 Å². The largest absolute Gasteiger partial charge is 0.299 e. The monoisotopic (exact) mass is 361 g/mol. The third-order valence-electron chi connectivity index (χ3n) is 5.29. The molecule has 3 nitrogen and oxygen atoms in total. The second-order valence-corrected chi connectivity index (χ2v) is 7.26. The molecule has 138 valence electrons. The molecule has 0 spiro atoms. The zero-order valence-electron chi connectivity index (χ0n) is 15.4. The van der Waals surface area contributed by atoms with E-state index in [0.717, 1.165) is 50.2 Å². The Kier molecular flexibility index (Phi) is 5.54. The van der Waals surface area contributed by atoms with Crippen LogP contribution in [0.5, 0.6) is 0 Å². The maximum absolute atomic E-state index is 13.1. The fraction of sp³-hybridized carbons (Fsp3) is 0.304. The molecular formula is C23H24FN3. The molecule has 3 aromatic rings. The molecule has 0 amide bonds. The molecule has 0 saturated carbocycles. The molecule has 1 saturated heterocycles. The molecule has 27 heavy (non-hydrogen) atoms. The summed E-state index contributed by atoms with van der Waals surface area (Å²) in [7, 11) is 0. The molecule has 0 N–H and O–H groups in total. The molecule has 2 aromatic heterocycles. The number of hydrogen-bond donors (Lipinski definition) is 0. The van der Waals surface area contributed by atoms with Crippen molar-refractivity contribution in [3.8, 4) is 0 Å². The molecule has 1 aromatic carbocycles. The van der Waals surface area contributed by atoms with Gasteiger partial charge in [-0.25, -0.2) is 4.39 Å². The standard InChI is InChI=1S/C23H24FN3/c24-21-6-4-18(5-7-21)16-22-2-1-3-23(26-22)20-10-14-27(15-11-20)17-19-8-12-25-13-9-19/h1-9,12-13,20H,10-11,14-17H2. The van der Waals surface area contributed by atoms with Gasteiger partial charge < -0.3 is 0 Å². The van der Waals surface area contributed by atoms with E-state index in [1.807, 2.05) is 24.5 Å². The summed E-state index contributed by atoms with van der Waals surface area (Å²) in [6, 6.07) is 17.2. The van der Waals surface area contributed by atoms with Crippen LogP contribution < -0.4 is 0 Å². The molecule has 0 radical (unpaired) electrons. The van der Waals surface area contributed by atoms with Crippen LogP contribution in [0, 0.1) is 5.82 Å². The first-order chi connectivity index (χ1) is 13.3. The van der Waals surface area contributed by atoms with Gasteiger partial charge in [-0.1, -0.05) is 18.2 Å². The minimum absolute atomic E-state index is 0.195. The van der Waals surface area contributed by atoms with Crippen LogP contribution >= 0.6 is 0 Å². The second kappa shape index (κ2) is 8.40. The smallest absolute Gasteiger partial charge is 0.123 e. The summed E-state index contributed by atoms with van der Waals surface area (Å²) in [4.78, 5) is 11.5. The highest BCUT2D eigenvalue weighted by Crippen LogP contribution is 2.27. The number of pyridine rings is 2. The summed E-state index contributed by atoms with van der Waals surface area (Å²) in [5.41, 5.74) is 4.66. The summed E-state index contributed by atoms with van der Waals surface area (Å²) in [5, 5.41) is 0. The topological polar surface area (TPSA) is 29.0 Å². The number of likely N-dealkylation sites (tertiary alicyclic amines) is 1. The molecule has 0 atom stereocenters. The van der Waals surface area contributed by atoms with Crippen LogP contribution in [0.4, 0.5) is 4.39 Å². The van der Waals surface area contributed by atoms with Crippen molar-refractivity contribution >= 4 is 0 Å². The van der Waals surface area contributed by atoms with E-state index >= 15 is 0 Å². The van der Waals surface area contributed by atoms with E-state index < -0.39 is 0 Å². The summed E-state index contributed by atoms with van der Waals surface area (Å²) in [5.74, 6) is 0.325. The quantitative estimate of drug-likeness (QED) is 0.666. The Morgan fingerprint density at radius 3 is 2.37 bits per heavy atom. The average Bonchev–Trinajstić information content (AvgIpc) is 2.71. The van der Waals surface area contributed by atoms with E-state index in [2.05, 4.69) is 40.2 Å². The number of halogens is 1. The summed E-state index contributed by atoms with van der Waals surface area (Å²) >= 11 is 0. The number of nitrogens with zero attached hydrogens (tertiary/aromatic N) is 3. The second-order valence-electron chi connectivity index (χ2n) is 7.26. The summed E-state index contributed by atoms with van der Waals surface area (Å²) in [6.07, 6.45) is 6.74. The lowest BCUT2D eigenvalue weighted by molar-refractivity contribution is 0.203. The van der Waals surface area contributed by atoms with Gasteiger partial charge in [0, 0.05) is 42.7 Å². The maximum Gasteiger partial charge on any atom is 0.123 e. The van der Waals surface area contributed by atoms with Crippen molar-refractivity contribution in [1.82, 2.24) is 14.9 Å². The van der Waals surface area contributed by atoms with E-state index in [1.165, 1.54) is 23.4 Å². The van der Waals surface area contributed by atoms with Gasteiger partial charge in [0.2, 0.25) is 0 Å². The van der Waals surface area contributed by atoms with Gasteiger partial charge >= 0.3 is 0 Å². The Morgan fingerprint density at radius 1 is 0.889 bits per heavy atom. The van der Waals surface area contributed by atoms with Crippen LogP contribution in [0.15, 0.2) is 67.0 Å². The number of benzene rings is 1. The molecule has 0 bridgehead atoms. The van der Waals surface area contributed by atoms with Crippen molar-refractivity contribution < 1.29 is 4.39 Å². The first-order valence-corrected chi connectivity index (χ1v) is 9.58. The van der Waals surface area contributed by atoms with E-state index in [9.17, 15) is 4.39 Å². The van der Waals surface area contributed by atoms with Crippen molar-refractivity contribution in [2.45, 2.75) is 31.7 Å². The van der Waals surface area contributed by atoms with Crippen LogP contribution in [-0.4, -0.2) is 28.0 Å². The van der Waals surface area contributed by atoms with E-state index in [-0.39, 0.29) is 5.82 Å². The van der Waals surface area contributed by atoms with Crippen molar-refractivity contribution in [2.75, 3.05) is 13.1 Å². The van der Waals surface area contributed by atoms with Crippen molar-refractivity contribution in [3.05, 3.63) is 95.3 Å². The van der Waals surface area contributed by atoms with E-state index in [1.54, 1.807) is 0 Å². The lowest BCUT2D eigenvalue weighted by Crippen LogP contribution is -2.32. The van der Waals surface area contributed by atoms with Gasteiger partial charge in [-0.2, -0.15) is 0 Å². The molecule has 0 unspecified atom stereocenters. The molecule has 0 aliphatic carbocycles. The minimum atomic E-state index is -0.195. The molecule has 1 fully saturated rings. The van der Waals surface area contributed by atoms with Gasteiger partial charge in [0.25, 0.3) is 0 Å². The van der Waals surface area contributed by atoms with Gasteiger partial charge in [-0.3, -0.25) is 14.9 Å². The van der Waals surface area contributed by atoms with Crippen molar-refractivity contribution in [1.29, 1.82) is 0 Å². The number of aromatic nitrogens is 2. The van der Waals surface area contributed by atoms with Crippen LogP contribution in [0.1, 0.15) is 41.3 Å². The Morgan fingerprint density at radius 2 is 1.63 bits per heavy atom. The molecule has 1 aliphatic heterocycles. The van der Waals surface area contributed by atoms with Gasteiger partial charge in [-0.15, -0.1) is 0 Å². The minimum Gasteiger partial charge on any atom is -0.299 e. The van der Waals surface area contributed by atoms with Gasteiger partial charge in [0.1, 0.15) is 5.82 Å². The van der Waals surface area contributed by atoms with Crippen LogP contribution in [0.25, 0.3) is 0 Å². The van der Waals surface area contributed by atoms with E-state index in [4.69, 9.17) is 4.98 Å². The third-order valence-corrected chi connectivity index (χ3v) is 5.29. The third kappa shape index (κ3) is 4.77. The van der Waals surface area contributed by atoms with Crippen molar-refractivity contribution in [3.63, 3.8) is 0 Å². The number of piperidine rings is 1.